The Labute approximate surface area is 106 Å². The number of hydrogen-bond acceptors (Lipinski definition) is 3. The van der Waals surface area contributed by atoms with Gasteiger partial charge in [0.1, 0.15) is 17.9 Å². The van der Waals surface area contributed by atoms with Gasteiger partial charge in [0.25, 0.3) is 10.0 Å². The van der Waals surface area contributed by atoms with Crippen LogP contribution in [0, 0.1) is 0 Å². The zero-order valence-corrected chi connectivity index (χ0v) is 10.2. The maximum Gasteiger partial charge on any atom is 0.416 e. The molecule has 0 aliphatic carbocycles. The Kier molecular flexibility index (Phi) is 3.25. The lowest BCUT2D eigenvalue weighted by molar-refractivity contribution is -0.137. The summed E-state index contributed by atoms with van der Waals surface area (Å²) in [5, 5.41) is 0. The highest BCUT2D eigenvalue weighted by Gasteiger charge is 2.34. The molecule has 0 spiro atoms. The lowest BCUT2D eigenvalue weighted by Gasteiger charge is -2.24. The molecule has 0 saturated heterocycles. The van der Waals surface area contributed by atoms with E-state index in [9.17, 15) is 26.0 Å². The van der Waals surface area contributed by atoms with Gasteiger partial charge in [0.2, 0.25) is 0 Å². The van der Waals surface area contributed by atoms with Crippen molar-refractivity contribution in [3.8, 4) is 0 Å². The molecule has 0 amide bonds. The van der Waals surface area contributed by atoms with Crippen LogP contribution < -0.4 is 4.90 Å². The second kappa shape index (κ2) is 4.48. The van der Waals surface area contributed by atoms with Crippen LogP contribution in [0.5, 0.6) is 0 Å². The largest absolute Gasteiger partial charge is 0.416 e. The molecule has 0 aromatic heterocycles. The lowest BCUT2D eigenvalue weighted by Crippen LogP contribution is -2.29. The van der Waals surface area contributed by atoms with Crippen molar-refractivity contribution in [3.63, 3.8) is 0 Å². The van der Waals surface area contributed by atoms with Gasteiger partial charge in [-0.2, -0.15) is 21.6 Å². The molecule has 0 radical (unpaired) electrons. The highest BCUT2D eigenvalue weighted by Crippen LogP contribution is 2.36. The highest BCUT2D eigenvalue weighted by atomic mass is 32.2. The van der Waals surface area contributed by atoms with Crippen LogP contribution in [0.1, 0.15) is 5.56 Å². The topological polar surface area (TPSA) is 49.7 Å². The van der Waals surface area contributed by atoms with E-state index < -0.39 is 33.3 Å². The van der Waals surface area contributed by atoms with Crippen LogP contribution in [-0.2, 0) is 16.2 Å². The van der Waals surface area contributed by atoms with E-state index in [-0.39, 0.29) is 12.2 Å². The summed E-state index contributed by atoms with van der Waals surface area (Å²) in [6.45, 7) is -0.968. The predicted molar refractivity (Wildman–Crippen MR) is 60.4 cm³/mol. The molecule has 4 nitrogen and oxygen atoms in total. The summed E-state index contributed by atoms with van der Waals surface area (Å²) in [6.07, 6.45) is -3.76. The van der Waals surface area contributed by atoms with E-state index in [1.54, 1.807) is 0 Å². The molecule has 0 atom stereocenters. The Bertz CT molecular complexity index is 625. The van der Waals surface area contributed by atoms with E-state index in [1.807, 2.05) is 0 Å². The molecule has 104 valence electrons. The lowest BCUT2D eigenvalue weighted by atomic mass is 10.2. The second-order valence-corrected chi connectivity index (χ2v) is 5.36. The van der Waals surface area contributed by atoms with Crippen molar-refractivity contribution in [3.05, 3.63) is 23.8 Å². The Morgan fingerprint density at radius 1 is 1.26 bits per heavy atom. The summed E-state index contributed by atoms with van der Waals surface area (Å²) >= 11 is 0. The van der Waals surface area contributed by atoms with Crippen molar-refractivity contribution >= 4 is 22.0 Å². The molecule has 1 aromatic carbocycles. The summed E-state index contributed by atoms with van der Waals surface area (Å²) in [5.74, 6) is 0. The quantitative estimate of drug-likeness (QED) is 0.786. The standard InChI is InChI=1S/C10H8F4N2O2S/c11-3-4-16-6-15-19(17,18)9-5-7(10(12,13)14)1-2-8(9)16/h1-2,5-6H,3-4H2. The van der Waals surface area contributed by atoms with Gasteiger partial charge in [-0.15, -0.1) is 4.40 Å². The number of anilines is 1. The van der Waals surface area contributed by atoms with Crippen molar-refractivity contribution < 1.29 is 26.0 Å². The van der Waals surface area contributed by atoms with Crippen LogP contribution >= 0.6 is 0 Å². The number of rotatable bonds is 2. The monoisotopic (exact) mass is 296 g/mol. The minimum atomic E-state index is -4.66. The molecule has 0 saturated carbocycles. The molecular formula is C10H8F4N2O2S. The predicted octanol–water partition coefficient (Wildman–Crippen LogP) is 2.21. The molecular weight excluding hydrogens is 288 g/mol. The van der Waals surface area contributed by atoms with Crippen molar-refractivity contribution in [2.45, 2.75) is 11.1 Å². The van der Waals surface area contributed by atoms with Gasteiger partial charge in [-0.3, -0.25) is 0 Å². The molecule has 2 rings (SSSR count). The Morgan fingerprint density at radius 3 is 2.53 bits per heavy atom. The normalized spacial score (nSPS) is 17.4. The third-order valence-electron chi connectivity index (χ3n) is 2.53. The third kappa shape index (κ3) is 2.55. The van der Waals surface area contributed by atoms with Gasteiger partial charge in [-0.1, -0.05) is 0 Å². The zero-order valence-electron chi connectivity index (χ0n) is 9.35. The molecule has 1 aliphatic heterocycles. The van der Waals surface area contributed by atoms with Crippen LogP contribution in [0.25, 0.3) is 0 Å². The van der Waals surface area contributed by atoms with Gasteiger partial charge in [0.15, 0.2) is 0 Å². The van der Waals surface area contributed by atoms with Gasteiger partial charge >= 0.3 is 6.18 Å². The number of nitrogens with zero attached hydrogens (tertiary/aromatic N) is 2. The average molecular weight is 296 g/mol. The molecule has 0 N–H and O–H groups in total. The highest BCUT2D eigenvalue weighted by molar-refractivity contribution is 7.90. The summed E-state index contributed by atoms with van der Waals surface area (Å²) in [5.41, 5.74) is -1.10. The molecule has 1 aromatic rings. The number of benzene rings is 1. The summed E-state index contributed by atoms with van der Waals surface area (Å²) in [7, 11) is -4.17. The molecule has 0 bridgehead atoms. The van der Waals surface area contributed by atoms with Crippen molar-refractivity contribution in [2.75, 3.05) is 18.1 Å². The molecule has 1 aliphatic rings. The number of halogens is 4. The first kappa shape index (κ1) is 13.8. The Hall–Kier alpha value is -1.64. The summed E-state index contributed by atoms with van der Waals surface area (Å²) in [4.78, 5) is 0.578. The SMILES string of the molecule is O=S1(=O)N=CN(CCF)c2ccc(C(F)(F)F)cc21. The van der Waals surface area contributed by atoms with Crippen LogP contribution in [-0.4, -0.2) is 28.0 Å². The fraction of sp³-hybridized carbons (Fsp3) is 0.300. The van der Waals surface area contributed by atoms with Crippen LogP contribution in [0.2, 0.25) is 0 Å². The van der Waals surface area contributed by atoms with E-state index in [1.165, 1.54) is 0 Å². The first-order valence-electron chi connectivity index (χ1n) is 5.10. The first-order chi connectivity index (χ1) is 8.75. The average Bonchev–Trinajstić information content (AvgIpc) is 2.32. The fourth-order valence-electron chi connectivity index (χ4n) is 1.64. The van der Waals surface area contributed by atoms with Crippen molar-refractivity contribution in [1.82, 2.24) is 0 Å². The Morgan fingerprint density at radius 2 is 1.95 bits per heavy atom. The number of sulfonamides is 1. The van der Waals surface area contributed by atoms with Crippen molar-refractivity contribution in [1.29, 1.82) is 0 Å². The zero-order chi connectivity index (χ0) is 14.3. The first-order valence-corrected chi connectivity index (χ1v) is 6.54. The number of fused-ring (bicyclic) bond motifs is 1. The van der Waals surface area contributed by atoms with Crippen LogP contribution in [0.4, 0.5) is 23.2 Å². The molecule has 1 heterocycles. The van der Waals surface area contributed by atoms with Gasteiger partial charge in [-0.25, -0.2) is 4.39 Å². The molecule has 0 unspecified atom stereocenters. The summed E-state index contributed by atoms with van der Waals surface area (Å²) < 4.78 is 76.3. The van der Waals surface area contributed by atoms with E-state index in [4.69, 9.17) is 0 Å². The van der Waals surface area contributed by atoms with Crippen LogP contribution in [0.15, 0.2) is 27.5 Å². The number of alkyl halides is 4. The van der Waals surface area contributed by atoms with Gasteiger partial charge in [0.05, 0.1) is 17.8 Å². The van der Waals surface area contributed by atoms with Crippen molar-refractivity contribution in [2.24, 2.45) is 4.40 Å². The third-order valence-corrected chi connectivity index (χ3v) is 3.78. The second-order valence-electron chi connectivity index (χ2n) is 3.76. The van der Waals surface area contributed by atoms with Crippen LogP contribution in [0.3, 0.4) is 0 Å². The van der Waals surface area contributed by atoms with E-state index in [2.05, 4.69) is 4.40 Å². The van der Waals surface area contributed by atoms with Gasteiger partial charge in [0, 0.05) is 0 Å². The molecule has 9 heteroatoms. The molecule has 0 fully saturated rings. The van der Waals surface area contributed by atoms with Gasteiger partial charge < -0.3 is 4.90 Å². The van der Waals surface area contributed by atoms with E-state index in [0.717, 1.165) is 23.4 Å². The maximum atomic E-state index is 12.5. The number of hydrogen-bond donors (Lipinski definition) is 0. The van der Waals surface area contributed by atoms with E-state index >= 15 is 0 Å². The Balaban J connectivity index is 2.59. The maximum absolute atomic E-state index is 12.5. The fourth-order valence-corrected chi connectivity index (χ4v) is 2.72. The minimum Gasteiger partial charge on any atom is -0.328 e. The minimum absolute atomic E-state index is 0.0133. The summed E-state index contributed by atoms with van der Waals surface area (Å²) in [6, 6.07) is 2.25. The van der Waals surface area contributed by atoms with Gasteiger partial charge in [-0.05, 0) is 18.2 Å². The smallest absolute Gasteiger partial charge is 0.328 e. The molecule has 19 heavy (non-hydrogen) atoms. The van der Waals surface area contributed by atoms with E-state index in [0.29, 0.717) is 6.07 Å².